The van der Waals surface area contributed by atoms with Gasteiger partial charge >= 0.3 is 0 Å². The Bertz CT molecular complexity index is 446. The van der Waals surface area contributed by atoms with E-state index in [1.165, 1.54) is 0 Å². The number of benzene rings is 1. The molecule has 0 heterocycles. The van der Waals surface area contributed by atoms with Gasteiger partial charge in [0.25, 0.3) is 0 Å². The van der Waals surface area contributed by atoms with Gasteiger partial charge in [0, 0.05) is 30.3 Å². The SMILES string of the molecule is CN(CC(=O)NC1CC1)c1ccc(CN)c(Cl)c1. The van der Waals surface area contributed by atoms with E-state index in [0.29, 0.717) is 24.2 Å². The Morgan fingerprint density at radius 2 is 2.28 bits per heavy atom. The molecule has 1 aliphatic carbocycles. The van der Waals surface area contributed by atoms with E-state index in [2.05, 4.69) is 5.32 Å². The van der Waals surface area contributed by atoms with Gasteiger partial charge < -0.3 is 16.0 Å². The third kappa shape index (κ3) is 3.37. The van der Waals surface area contributed by atoms with Crippen LogP contribution in [0.2, 0.25) is 5.02 Å². The Morgan fingerprint density at radius 1 is 1.56 bits per heavy atom. The molecule has 3 N–H and O–H groups in total. The van der Waals surface area contributed by atoms with Gasteiger partial charge in [0.15, 0.2) is 0 Å². The van der Waals surface area contributed by atoms with E-state index in [4.69, 9.17) is 17.3 Å². The molecule has 5 heteroatoms. The third-order valence-electron chi connectivity index (χ3n) is 3.02. The number of nitrogens with zero attached hydrogens (tertiary/aromatic N) is 1. The Labute approximate surface area is 112 Å². The van der Waals surface area contributed by atoms with E-state index in [-0.39, 0.29) is 5.91 Å². The quantitative estimate of drug-likeness (QED) is 0.850. The molecule has 4 nitrogen and oxygen atoms in total. The van der Waals surface area contributed by atoms with Crippen molar-refractivity contribution in [3.63, 3.8) is 0 Å². The molecule has 0 aromatic heterocycles. The largest absolute Gasteiger partial charge is 0.365 e. The predicted molar refractivity (Wildman–Crippen MR) is 73.8 cm³/mol. The van der Waals surface area contributed by atoms with Crippen LogP contribution in [0.25, 0.3) is 0 Å². The molecule has 98 valence electrons. The first kappa shape index (κ1) is 13.2. The first-order chi connectivity index (χ1) is 8.60. The molecule has 1 amide bonds. The van der Waals surface area contributed by atoms with Gasteiger partial charge in [-0.1, -0.05) is 17.7 Å². The average Bonchev–Trinajstić information content (AvgIpc) is 3.12. The number of carbonyl (C=O) groups is 1. The fourth-order valence-electron chi connectivity index (χ4n) is 1.75. The van der Waals surface area contributed by atoms with E-state index in [1.807, 2.05) is 30.1 Å². The molecular weight excluding hydrogens is 250 g/mol. The molecular formula is C13H18ClN3O. The van der Waals surface area contributed by atoms with Crippen molar-refractivity contribution in [1.29, 1.82) is 0 Å². The second-order valence-electron chi connectivity index (χ2n) is 4.68. The Hall–Kier alpha value is -1.26. The second-order valence-corrected chi connectivity index (χ2v) is 5.08. The maximum atomic E-state index is 11.7. The summed E-state index contributed by atoms with van der Waals surface area (Å²) in [5.74, 6) is 0.0547. The molecule has 0 unspecified atom stereocenters. The van der Waals surface area contributed by atoms with Crippen LogP contribution in [0.5, 0.6) is 0 Å². The van der Waals surface area contributed by atoms with Gasteiger partial charge in [-0.3, -0.25) is 4.79 Å². The minimum Gasteiger partial charge on any atom is -0.365 e. The van der Waals surface area contributed by atoms with Crippen molar-refractivity contribution in [2.75, 3.05) is 18.5 Å². The summed E-state index contributed by atoms with van der Waals surface area (Å²) in [6, 6.07) is 6.06. The van der Waals surface area contributed by atoms with E-state index < -0.39 is 0 Å². The maximum absolute atomic E-state index is 11.7. The van der Waals surface area contributed by atoms with Crippen LogP contribution in [-0.4, -0.2) is 25.5 Å². The molecule has 0 atom stereocenters. The molecule has 0 aliphatic heterocycles. The lowest BCUT2D eigenvalue weighted by Crippen LogP contribution is -2.36. The smallest absolute Gasteiger partial charge is 0.239 e. The number of nitrogens with two attached hydrogens (primary N) is 1. The van der Waals surface area contributed by atoms with E-state index in [1.54, 1.807) is 0 Å². The third-order valence-corrected chi connectivity index (χ3v) is 3.37. The summed E-state index contributed by atoms with van der Waals surface area (Å²) >= 11 is 6.10. The first-order valence-electron chi connectivity index (χ1n) is 6.09. The van der Waals surface area contributed by atoms with Gasteiger partial charge in [0.2, 0.25) is 5.91 Å². The van der Waals surface area contributed by atoms with Crippen LogP contribution in [0.1, 0.15) is 18.4 Å². The van der Waals surface area contributed by atoms with Gasteiger partial charge in [-0.15, -0.1) is 0 Å². The number of rotatable bonds is 5. The number of hydrogen-bond donors (Lipinski definition) is 2. The number of carbonyl (C=O) groups excluding carboxylic acids is 1. The summed E-state index contributed by atoms with van der Waals surface area (Å²) < 4.78 is 0. The van der Waals surface area contributed by atoms with Gasteiger partial charge in [-0.25, -0.2) is 0 Å². The minimum atomic E-state index is 0.0547. The topological polar surface area (TPSA) is 58.4 Å². The van der Waals surface area contributed by atoms with E-state index >= 15 is 0 Å². The van der Waals surface area contributed by atoms with Gasteiger partial charge in [-0.05, 0) is 30.5 Å². The standard InChI is InChI=1S/C13H18ClN3O/c1-17(8-13(18)16-10-3-4-10)11-5-2-9(7-15)12(14)6-11/h2,5-6,10H,3-4,7-8,15H2,1H3,(H,16,18). The summed E-state index contributed by atoms with van der Waals surface area (Å²) in [4.78, 5) is 13.6. The van der Waals surface area contributed by atoms with Crippen molar-refractivity contribution in [1.82, 2.24) is 5.32 Å². The van der Waals surface area contributed by atoms with Crippen LogP contribution in [0.15, 0.2) is 18.2 Å². The lowest BCUT2D eigenvalue weighted by Gasteiger charge is -2.19. The highest BCUT2D eigenvalue weighted by Gasteiger charge is 2.23. The number of likely N-dealkylation sites (N-methyl/N-ethyl adjacent to an activating group) is 1. The summed E-state index contributed by atoms with van der Waals surface area (Å²) in [6.45, 7) is 0.764. The highest BCUT2D eigenvalue weighted by molar-refractivity contribution is 6.31. The zero-order chi connectivity index (χ0) is 13.1. The molecule has 1 aliphatic rings. The van der Waals surface area contributed by atoms with Crippen molar-refractivity contribution >= 4 is 23.2 Å². The molecule has 1 aromatic carbocycles. The number of anilines is 1. The Balaban J connectivity index is 1.96. The molecule has 1 saturated carbocycles. The molecule has 0 saturated heterocycles. The minimum absolute atomic E-state index is 0.0547. The molecule has 1 fully saturated rings. The van der Waals surface area contributed by atoms with Crippen LogP contribution in [-0.2, 0) is 11.3 Å². The molecule has 0 radical (unpaired) electrons. The summed E-state index contributed by atoms with van der Waals surface area (Å²) in [7, 11) is 1.88. The van der Waals surface area contributed by atoms with Crippen molar-refractivity contribution in [3.05, 3.63) is 28.8 Å². The van der Waals surface area contributed by atoms with E-state index in [0.717, 1.165) is 24.1 Å². The van der Waals surface area contributed by atoms with Crippen molar-refractivity contribution in [2.24, 2.45) is 5.73 Å². The Kier molecular flexibility index (Phi) is 4.09. The number of halogens is 1. The molecule has 18 heavy (non-hydrogen) atoms. The fraction of sp³-hybridized carbons (Fsp3) is 0.462. The normalized spacial score (nSPS) is 14.4. The average molecular weight is 268 g/mol. The summed E-state index contributed by atoms with van der Waals surface area (Å²) in [5, 5.41) is 3.60. The molecule has 0 spiro atoms. The van der Waals surface area contributed by atoms with Gasteiger partial charge in [-0.2, -0.15) is 0 Å². The maximum Gasteiger partial charge on any atom is 0.239 e. The number of nitrogens with one attached hydrogen (secondary N) is 1. The van der Waals surface area contributed by atoms with Crippen LogP contribution in [0.4, 0.5) is 5.69 Å². The van der Waals surface area contributed by atoms with Gasteiger partial charge in [0.1, 0.15) is 0 Å². The molecule has 1 aromatic rings. The summed E-state index contributed by atoms with van der Waals surface area (Å²) in [5.41, 5.74) is 7.39. The zero-order valence-electron chi connectivity index (χ0n) is 10.4. The first-order valence-corrected chi connectivity index (χ1v) is 6.47. The van der Waals surface area contributed by atoms with Crippen LogP contribution < -0.4 is 16.0 Å². The number of amides is 1. The summed E-state index contributed by atoms with van der Waals surface area (Å²) in [6.07, 6.45) is 2.21. The lowest BCUT2D eigenvalue weighted by molar-refractivity contribution is -0.119. The lowest BCUT2D eigenvalue weighted by atomic mass is 10.2. The monoisotopic (exact) mass is 267 g/mol. The highest BCUT2D eigenvalue weighted by atomic mass is 35.5. The fourth-order valence-corrected chi connectivity index (χ4v) is 2.00. The highest BCUT2D eigenvalue weighted by Crippen LogP contribution is 2.23. The second kappa shape index (κ2) is 5.59. The number of hydrogen-bond acceptors (Lipinski definition) is 3. The van der Waals surface area contributed by atoms with Crippen LogP contribution in [0, 0.1) is 0 Å². The van der Waals surface area contributed by atoms with Gasteiger partial charge in [0.05, 0.1) is 6.54 Å². The van der Waals surface area contributed by atoms with Crippen LogP contribution in [0.3, 0.4) is 0 Å². The molecule has 2 rings (SSSR count). The van der Waals surface area contributed by atoms with Crippen molar-refractivity contribution in [2.45, 2.75) is 25.4 Å². The van der Waals surface area contributed by atoms with E-state index in [9.17, 15) is 4.79 Å². The van der Waals surface area contributed by atoms with Crippen molar-refractivity contribution in [3.8, 4) is 0 Å². The van der Waals surface area contributed by atoms with Crippen LogP contribution >= 0.6 is 11.6 Å². The zero-order valence-corrected chi connectivity index (χ0v) is 11.2. The molecule has 0 bridgehead atoms. The van der Waals surface area contributed by atoms with Crippen molar-refractivity contribution < 1.29 is 4.79 Å². The Morgan fingerprint density at radius 3 is 2.83 bits per heavy atom. The predicted octanol–water partition coefficient (Wildman–Crippen LogP) is 1.51.